The minimum absolute atomic E-state index is 0. The van der Waals surface area contributed by atoms with Crippen LogP contribution in [-0.4, -0.2) is 0 Å². The van der Waals surface area contributed by atoms with E-state index in [2.05, 4.69) is 14.3 Å². The molecule has 0 aliphatic carbocycles. The molecule has 0 aromatic heterocycles. The number of hydrogen-bond acceptors (Lipinski definition) is 0. The van der Waals surface area contributed by atoms with Gasteiger partial charge in [-0.2, -0.15) is 6.92 Å². The van der Waals surface area contributed by atoms with Gasteiger partial charge in [-0.1, -0.05) is 13.8 Å². The van der Waals surface area contributed by atoms with Crippen molar-refractivity contribution >= 4 is 0 Å². The van der Waals surface area contributed by atoms with Gasteiger partial charge in [0.2, 0.25) is 0 Å². The maximum atomic E-state index is 5.50. The molecule has 0 saturated heterocycles. The minimum Gasteiger partial charge on any atom is -0.358 e. The van der Waals surface area contributed by atoms with E-state index in [1.165, 1.54) is 0 Å². The van der Waals surface area contributed by atoms with E-state index in [0.717, 1.165) is 0 Å². The molecule has 0 nitrogen and oxygen atoms in total. The summed E-state index contributed by atoms with van der Waals surface area (Å²) in [4.78, 5) is 0. The van der Waals surface area contributed by atoms with Gasteiger partial charge in [-0.15, -0.1) is 0 Å². The van der Waals surface area contributed by atoms with Crippen molar-refractivity contribution in [3.63, 3.8) is 0 Å². The van der Waals surface area contributed by atoms with Gasteiger partial charge in [0.15, 0.2) is 0 Å². The Kier molecular flexibility index (Phi) is 915. The maximum Gasteiger partial charge on any atom is 2.00 e. The van der Waals surface area contributed by atoms with Crippen LogP contribution in [0.5, 0.6) is 0 Å². The summed E-state index contributed by atoms with van der Waals surface area (Å²) in [6.07, 6.45) is 0. The largest absolute Gasteiger partial charge is 2.00 e. The fourth-order valence-corrected chi connectivity index (χ4v) is 0. The van der Waals surface area contributed by atoms with Crippen molar-refractivity contribution in [3.05, 3.63) is 14.3 Å². The zero-order chi connectivity index (χ0) is 6.00. The first-order valence-corrected chi connectivity index (χ1v) is 1.71. The van der Waals surface area contributed by atoms with E-state index in [0.29, 0.717) is 0 Å². The van der Waals surface area contributed by atoms with Gasteiger partial charge < -0.3 is 14.3 Å². The standard InChI is InChI=1S/C2H6.C2H5.CH3.V/c2*1-2;;/h1-2H3;1H2,2H3;1H3;/q;2*-1;+2/i;;1D;. The molecule has 0 heterocycles. The van der Waals surface area contributed by atoms with E-state index < -0.39 is 0 Å². The normalized spacial score (nSPS) is 3.17. The van der Waals surface area contributed by atoms with Crippen molar-refractivity contribution in [3.8, 4) is 0 Å². The first-order chi connectivity index (χ1) is 3.00. The first-order valence-electron chi connectivity index (χ1n) is 2.41. The SMILES string of the molecule is CC.[2H][CH2-].[CH2-]C.[V+2]. The van der Waals surface area contributed by atoms with Gasteiger partial charge in [-0.05, 0) is 0 Å². The summed E-state index contributed by atoms with van der Waals surface area (Å²) in [6, 6.07) is 0. The number of rotatable bonds is 0. The Morgan fingerprint density at radius 2 is 1.33 bits per heavy atom. The van der Waals surface area contributed by atoms with Crippen LogP contribution in [0.4, 0.5) is 0 Å². The van der Waals surface area contributed by atoms with Crippen molar-refractivity contribution in [2.75, 3.05) is 0 Å². The van der Waals surface area contributed by atoms with Crippen LogP contribution in [0.1, 0.15) is 22.1 Å². The van der Waals surface area contributed by atoms with Crippen molar-refractivity contribution in [1.29, 1.82) is 0 Å². The Morgan fingerprint density at radius 3 is 1.33 bits per heavy atom. The molecule has 0 unspecified atom stereocenters. The van der Waals surface area contributed by atoms with Gasteiger partial charge in [0, 0.05) is 0 Å². The average molecular weight is 126 g/mol. The molecule has 0 aliphatic heterocycles. The Morgan fingerprint density at radius 1 is 1.33 bits per heavy atom. The molecule has 1 radical (unpaired) electrons. The molecule has 0 amide bonds. The van der Waals surface area contributed by atoms with Crippen LogP contribution >= 0.6 is 0 Å². The first kappa shape index (κ1) is 16.0. The molecule has 6 heavy (non-hydrogen) atoms. The summed E-state index contributed by atoms with van der Waals surface area (Å²) in [5, 5.41) is 0. The molecule has 0 aliphatic rings. The fourth-order valence-electron chi connectivity index (χ4n) is 0. The molecule has 39 valence electrons. The summed E-state index contributed by atoms with van der Waals surface area (Å²) >= 11 is 0. The van der Waals surface area contributed by atoms with E-state index in [-0.39, 0.29) is 18.6 Å². The second-order valence-corrected chi connectivity index (χ2v) is 0. The Bertz CT molecular complexity index is 8.04. The molecule has 0 N–H and O–H groups in total. The van der Waals surface area contributed by atoms with E-state index in [1.807, 2.05) is 13.8 Å². The summed E-state index contributed by atoms with van der Waals surface area (Å²) in [7, 11) is 2.50. The minimum atomic E-state index is 0. The van der Waals surface area contributed by atoms with Gasteiger partial charge in [-0.3, -0.25) is 0 Å². The van der Waals surface area contributed by atoms with Gasteiger partial charge in [0.1, 0.15) is 0 Å². The molecule has 0 aromatic rings. The quantitative estimate of drug-likeness (QED) is 0.437. The molecule has 0 spiro atoms. The molecule has 0 atom stereocenters. The van der Waals surface area contributed by atoms with Crippen LogP contribution in [0, 0.1) is 14.3 Å². The molecule has 0 saturated carbocycles. The van der Waals surface area contributed by atoms with Crippen LogP contribution in [0.3, 0.4) is 0 Å². The van der Waals surface area contributed by atoms with Gasteiger partial charge in [0.05, 0.1) is 0 Å². The number of hydrogen-bond donors (Lipinski definition) is 0. The summed E-state index contributed by atoms with van der Waals surface area (Å²) in [5.74, 6) is 0. The molecular formula is C5H14V. The van der Waals surface area contributed by atoms with Gasteiger partial charge >= 0.3 is 18.6 Å². The third kappa shape index (κ3) is 172. The smallest absolute Gasteiger partial charge is 0.358 e. The third-order valence-corrected chi connectivity index (χ3v) is 0. The summed E-state index contributed by atoms with van der Waals surface area (Å²) in [5.41, 5.74) is 0. The van der Waals surface area contributed by atoms with Gasteiger partial charge in [0.25, 0.3) is 0 Å². The zero-order valence-electron chi connectivity index (χ0n) is 5.86. The summed E-state index contributed by atoms with van der Waals surface area (Å²) in [6.45, 7) is 9.00. The predicted molar refractivity (Wildman–Crippen MR) is 28.8 cm³/mol. The topological polar surface area (TPSA) is 0 Å². The second kappa shape index (κ2) is 344. The molecular weight excluding hydrogens is 111 g/mol. The molecule has 0 rings (SSSR count). The zero-order valence-corrected chi connectivity index (χ0v) is 6.26. The molecule has 0 aromatic carbocycles. The van der Waals surface area contributed by atoms with E-state index in [4.69, 9.17) is 1.37 Å². The van der Waals surface area contributed by atoms with Crippen LogP contribution in [0.15, 0.2) is 0 Å². The van der Waals surface area contributed by atoms with Crippen molar-refractivity contribution in [2.24, 2.45) is 0 Å². The second-order valence-electron chi connectivity index (χ2n) is 0. The van der Waals surface area contributed by atoms with Crippen molar-refractivity contribution in [1.82, 2.24) is 0 Å². The van der Waals surface area contributed by atoms with Gasteiger partial charge in [-0.25, -0.2) is 1.37 Å². The van der Waals surface area contributed by atoms with Crippen molar-refractivity contribution < 1.29 is 19.9 Å². The van der Waals surface area contributed by atoms with Crippen LogP contribution in [-0.2, 0) is 18.6 Å². The molecule has 0 bridgehead atoms. The van der Waals surface area contributed by atoms with Crippen LogP contribution in [0.2, 0.25) is 0 Å². The van der Waals surface area contributed by atoms with E-state index in [9.17, 15) is 0 Å². The maximum absolute atomic E-state index is 5.50. The Balaban J connectivity index is -0.00000000900. The Labute approximate surface area is 55.6 Å². The van der Waals surface area contributed by atoms with E-state index in [1.54, 1.807) is 6.92 Å². The Hall–Kier alpha value is 0.584. The summed E-state index contributed by atoms with van der Waals surface area (Å²) < 4.78 is 5.50. The molecule has 1 heteroatoms. The average Bonchev–Trinajstić information content (AvgIpc) is 1.81. The molecule has 0 fully saturated rings. The van der Waals surface area contributed by atoms with Crippen LogP contribution in [0.25, 0.3) is 0 Å². The fraction of sp³-hybridized carbons (Fsp3) is 0.600. The van der Waals surface area contributed by atoms with Crippen molar-refractivity contribution in [2.45, 2.75) is 20.8 Å². The predicted octanol–water partition coefficient (Wildman–Crippen LogP) is 2.31. The monoisotopic (exact) mass is 126 g/mol. The van der Waals surface area contributed by atoms with Crippen LogP contribution < -0.4 is 0 Å². The third-order valence-electron chi connectivity index (χ3n) is 0. The van der Waals surface area contributed by atoms with E-state index >= 15 is 0 Å².